The van der Waals surface area contributed by atoms with Gasteiger partial charge in [-0.25, -0.2) is 26.7 Å². The van der Waals surface area contributed by atoms with Crippen molar-refractivity contribution < 1.29 is 36.3 Å². The fourth-order valence-electron chi connectivity index (χ4n) is 1.27. The lowest BCUT2D eigenvalue weighted by Crippen LogP contribution is -2.29. The van der Waals surface area contributed by atoms with Gasteiger partial charge < -0.3 is 4.74 Å². The van der Waals surface area contributed by atoms with Crippen LogP contribution >= 0.6 is 0 Å². The predicted octanol–water partition coefficient (Wildman–Crippen LogP) is 2.72. The number of alkyl halides is 1. The number of hydrogen-bond donors (Lipinski definition) is 0. The Morgan fingerprint density at radius 3 is 2.30 bits per heavy atom. The zero-order valence-electron chi connectivity index (χ0n) is 10.2. The van der Waals surface area contributed by atoms with Gasteiger partial charge in [0.15, 0.2) is 23.3 Å². The van der Waals surface area contributed by atoms with E-state index in [0.717, 1.165) is 0 Å². The van der Waals surface area contributed by atoms with Gasteiger partial charge in [0.2, 0.25) is 5.78 Å². The van der Waals surface area contributed by atoms with Gasteiger partial charge in [0.05, 0.1) is 12.2 Å². The number of carbonyl (C=O) groups excluding carboxylic acids is 2. The summed E-state index contributed by atoms with van der Waals surface area (Å²) in [6.45, 7) is 1.42. The Kier molecular flexibility index (Phi) is 5.18. The molecule has 0 aromatic heterocycles. The summed E-state index contributed by atoms with van der Waals surface area (Å²) in [4.78, 5) is 22.5. The molecule has 0 saturated heterocycles. The van der Waals surface area contributed by atoms with Crippen LogP contribution in [0.15, 0.2) is 6.07 Å². The summed E-state index contributed by atoms with van der Waals surface area (Å²) in [5.41, 5.74) is -1.40. The third-order valence-corrected chi connectivity index (χ3v) is 2.25. The maximum absolute atomic E-state index is 13.4. The lowest BCUT2D eigenvalue weighted by Gasteiger charge is -2.09. The third-order valence-electron chi connectivity index (χ3n) is 2.25. The van der Waals surface area contributed by atoms with Crippen LogP contribution in [0.3, 0.4) is 0 Å². The van der Waals surface area contributed by atoms with E-state index in [-0.39, 0.29) is 12.7 Å². The SMILES string of the molecule is CCCOC(=O)C(F)C(=O)c1cc(F)c(F)c(F)c1F. The van der Waals surface area contributed by atoms with E-state index < -0.39 is 46.8 Å². The molecule has 20 heavy (non-hydrogen) atoms. The molecule has 0 aliphatic rings. The average Bonchev–Trinajstić information content (AvgIpc) is 2.44. The molecule has 0 aliphatic carbocycles. The Labute approximate surface area is 110 Å². The highest BCUT2D eigenvalue weighted by Crippen LogP contribution is 2.21. The Morgan fingerprint density at radius 1 is 1.15 bits per heavy atom. The molecule has 8 heteroatoms. The molecule has 3 nitrogen and oxygen atoms in total. The zero-order chi connectivity index (χ0) is 15.4. The van der Waals surface area contributed by atoms with E-state index in [0.29, 0.717) is 6.42 Å². The molecule has 1 rings (SSSR count). The fraction of sp³-hybridized carbons (Fsp3) is 0.333. The molecule has 1 unspecified atom stereocenters. The largest absolute Gasteiger partial charge is 0.463 e. The Hall–Kier alpha value is -1.99. The van der Waals surface area contributed by atoms with E-state index in [4.69, 9.17) is 0 Å². The number of carbonyl (C=O) groups is 2. The maximum atomic E-state index is 13.4. The first-order valence-electron chi connectivity index (χ1n) is 5.49. The second kappa shape index (κ2) is 6.44. The van der Waals surface area contributed by atoms with Crippen LogP contribution in [0.5, 0.6) is 0 Å². The monoisotopic (exact) mass is 296 g/mol. The standard InChI is InChI=1S/C12H9F5O3/c1-2-3-20-12(19)10(17)11(18)5-4-6(13)8(15)9(16)7(5)14/h4,10H,2-3H2,1H3. The molecule has 1 atom stereocenters. The number of esters is 1. The van der Waals surface area contributed by atoms with E-state index in [1.807, 2.05) is 0 Å². The molecular weight excluding hydrogens is 287 g/mol. The number of ketones is 1. The molecular formula is C12H9F5O3. The lowest BCUT2D eigenvalue weighted by molar-refractivity contribution is -0.147. The maximum Gasteiger partial charge on any atom is 0.349 e. The van der Waals surface area contributed by atoms with Gasteiger partial charge in [0.1, 0.15) is 0 Å². The van der Waals surface area contributed by atoms with Crippen LogP contribution in [0.4, 0.5) is 22.0 Å². The van der Waals surface area contributed by atoms with Crippen molar-refractivity contribution in [3.63, 3.8) is 0 Å². The van der Waals surface area contributed by atoms with Crippen LogP contribution in [0.1, 0.15) is 23.7 Å². The average molecular weight is 296 g/mol. The minimum atomic E-state index is -2.94. The Bertz CT molecular complexity index is 544. The van der Waals surface area contributed by atoms with Crippen LogP contribution in [-0.4, -0.2) is 24.5 Å². The van der Waals surface area contributed by atoms with E-state index >= 15 is 0 Å². The molecule has 0 N–H and O–H groups in total. The van der Waals surface area contributed by atoms with Gasteiger partial charge in [0.25, 0.3) is 6.17 Å². The molecule has 110 valence electrons. The van der Waals surface area contributed by atoms with E-state index in [1.54, 1.807) is 6.92 Å². The first-order valence-corrected chi connectivity index (χ1v) is 5.49. The first kappa shape index (κ1) is 16.1. The number of Topliss-reactive ketones (excluding diaryl/α,β-unsaturated/α-hetero) is 1. The molecule has 0 heterocycles. The molecule has 0 amide bonds. The molecule has 0 bridgehead atoms. The molecule has 0 fully saturated rings. The summed E-state index contributed by atoms with van der Waals surface area (Å²) in [5.74, 6) is -11.8. The van der Waals surface area contributed by atoms with Crippen LogP contribution in [0.25, 0.3) is 0 Å². The molecule has 0 spiro atoms. The van der Waals surface area contributed by atoms with Gasteiger partial charge in [-0.3, -0.25) is 4.79 Å². The van der Waals surface area contributed by atoms with E-state index in [1.165, 1.54) is 0 Å². The van der Waals surface area contributed by atoms with Crippen LogP contribution in [0.2, 0.25) is 0 Å². The summed E-state index contributed by atoms with van der Waals surface area (Å²) in [7, 11) is 0. The number of benzene rings is 1. The van der Waals surface area contributed by atoms with Crippen molar-refractivity contribution in [2.75, 3.05) is 6.61 Å². The van der Waals surface area contributed by atoms with Crippen molar-refractivity contribution in [1.82, 2.24) is 0 Å². The van der Waals surface area contributed by atoms with Crippen LogP contribution in [-0.2, 0) is 9.53 Å². The number of hydrogen-bond acceptors (Lipinski definition) is 3. The highest BCUT2D eigenvalue weighted by atomic mass is 19.2. The molecule has 1 aromatic rings. The Morgan fingerprint density at radius 2 is 1.75 bits per heavy atom. The Balaban J connectivity index is 3.07. The second-order valence-electron chi connectivity index (χ2n) is 3.74. The lowest BCUT2D eigenvalue weighted by atomic mass is 10.1. The highest BCUT2D eigenvalue weighted by molar-refractivity contribution is 6.11. The van der Waals surface area contributed by atoms with E-state index in [2.05, 4.69) is 4.74 Å². The topological polar surface area (TPSA) is 43.4 Å². The number of halogens is 5. The molecule has 0 saturated carbocycles. The van der Waals surface area contributed by atoms with Crippen molar-refractivity contribution in [3.8, 4) is 0 Å². The van der Waals surface area contributed by atoms with Gasteiger partial charge in [-0.15, -0.1) is 0 Å². The van der Waals surface area contributed by atoms with Gasteiger partial charge in [-0.05, 0) is 12.5 Å². The van der Waals surface area contributed by atoms with Gasteiger partial charge in [0, 0.05) is 0 Å². The van der Waals surface area contributed by atoms with E-state index in [9.17, 15) is 31.5 Å². The van der Waals surface area contributed by atoms with Crippen molar-refractivity contribution in [1.29, 1.82) is 0 Å². The molecule has 0 aliphatic heterocycles. The van der Waals surface area contributed by atoms with Crippen molar-refractivity contribution >= 4 is 11.8 Å². The quantitative estimate of drug-likeness (QED) is 0.209. The van der Waals surface area contributed by atoms with Gasteiger partial charge in [-0.2, -0.15) is 0 Å². The second-order valence-corrected chi connectivity index (χ2v) is 3.74. The van der Waals surface area contributed by atoms with Gasteiger partial charge in [-0.1, -0.05) is 6.92 Å². The first-order chi connectivity index (χ1) is 9.31. The summed E-state index contributed by atoms with van der Waals surface area (Å²) in [6.07, 6.45) is -2.60. The normalized spacial score (nSPS) is 12.1. The molecule has 1 aromatic carbocycles. The predicted molar refractivity (Wildman–Crippen MR) is 56.8 cm³/mol. The zero-order valence-corrected chi connectivity index (χ0v) is 10.2. The number of rotatable bonds is 5. The smallest absolute Gasteiger partial charge is 0.349 e. The van der Waals surface area contributed by atoms with Crippen molar-refractivity contribution in [2.24, 2.45) is 0 Å². The fourth-order valence-corrected chi connectivity index (χ4v) is 1.27. The summed E-state index contributed by atoms with van der Waals surface area (Å²) in [5, 5.41) is 0. The summed E-state index contributed by atoms with van der Waals surface area (Å²) in [6, 6.07) is -0.0181. The van der Waals surface area contributed by atoms with Crippen LogP contribution < -0.4 is 0 Å². The highest BCUT2D eigenvalue weighted by Gasteiger charge is 2.33. The summed E-state index contributed by atoms with van der Waals surface area (Å²) >= 11 is 0. The third kappa shape index (κ3) is 3.12. The molecule has 0 radical (unpaired) electrons. The minimum Gasteiger partial charge on any atom is -0.463 e. The van der Waals surface area contributed by atoms with Crippen molar-refractivity contribution in [2.45, 2.75) is 19.5 Å². The van der Waals surface area contributed by atoms with Gasteiger partial charge >= 0.3 is 5.97 Å². The summed E-state index contributed by atoms with van der Waals surface area (Å²) < 4.78 is 69.4. The van der Waals surface area contributed by atoms with Crippen LogP contribution in [0, 0.1) is 23.3 Å². The minimum absolute atomic E-state index is 0.0181. The number of ether oxygens (including phenoxy) is 1. The van der Waals surface area contributed by atoms with Crippen molar-refractivity contribution in [3.05, 3.63) is 34.9 Å².